The molecule has 1 aromatic heterocycles. The number of carbonyl (C=O) groups is 1. The Kier molecular flexibility index (Phi) is 3.70. The number of nitrogens with zero attached hydrogens (tertiary/aromatic N) is 2. The molecule has 0 fully saturated rings. The third-order valence-electron chi connectivity index (χ3n) is 5.78. The molecule has 2 aromatic carbocycles. The van der Waals surface area contributed by atoms with Gasteiger partial charge >= 0.3 is 5.72 Å². The zero-order chi connectivity index (χ0) is 20.5. The predicted octanol–water partition coefficient (Wildman–Crippen LogP) is 4.76. The van der Waals surface area contributed by atoms with Gasteiger partial charge in [0.2, 0.25) is 0 Å². The number of benzene rings is 2. The van der Waals surface area contributed by atoms with E-state index in [2.05, 4.69) is 5.32 Å². The number of rotatable bonds is 2. The predicted molar refractivity (Wildman–Crippen MR) is 115 cm³/mol. The first-order valence-electron chi connectivity index (χ1n) is 9.50. The van der Waals surface area contributed by atoms with Gasteiger partial charge in [0.05, 0.1) is 35.0 Å². The summed E-state index contributed by atoms with van der Waals surface area (Å²) in [5.41, 5.74) is 1.74. The van der Waals surface area contributed by atoms with Crippen LogP contribution in [0.2, 0.25) is 5.02 Å². The second kappa shape index (κ2) is 6.23. The molecular formula is C22H16ClN3O3S. The monoisotopic (exact) mass is 437 g/mol. The van der Waals surface area contributed by atoms with Gasteiger partial charge in [-0.3, -0.25) is 4.79 Å². The summed E-state index contributed by atoms with van der Waals surface area (Å²) in [6.07, 6.45) is 0.662. The highest BCUT2D eigenvalue weighted by Gasteiger charge is 2.61. The summed E-state index contributed by atoms with van der Waals surface area (Å²) < 4.78 is 12.1. The number of thiophene rings is 1. The SMILES string of the molecule is COc1cccc2c1O[C@]1(C(=O)Nc3ccc(Cl)cc31)N1N=C(c3cccs3)C[C@H]21. The zero-order valence-corrected chi connectivity index (χ0v) is 17.5. The fourth-order valence-corrected chi connectivity index (χ4v) is 5.35. The van der Waals surface area contributed by atoms with Crippen LogP contribution in [0.15, 0.2) is 59.0 Å². The van der Waals surface area contributed by atoms with Gasteiger partial charge in [0.25, 0.3) is 5.91 Å². The van der Waals surface area contributed by atoms with E-state index in [1.165, 1.54) is 0 Å². The molecule has 30 heavy (non-hydrogen) atoms. The Labute approximate surface area is 181 Å². The lowest BCUT2D eigenvalue weighted by Crippen LogP contribution is -2.55. The van der Waals surface area contributed by atoms with E-state index in [1.807, 2.05) is 35.7 Å². The minimum Gasteiger partial charge on any atom is -0.493 e. The highest BCUT2D eigenvalue weighted by Crippen LogP contribution is 2.56. The second-order valence-electron chi connectivity index (χ2n) is 7.36. The number of anilines is 1. The summed E-state index contributed by atoms with van der Waals surface area (Å²) in [4.78, 5) is 14.5. The number of amides is 1. The minimum atomic E-state index is -1.45. The van der Waals surface area contributed by atoms with Crippen molar-refractivity contribution in [3.63, 3.8) is 0 Å². The average molecular weight is 438 g/mol. The van der Waals surface area contributed by atoms with Crippen molar-refractivity contribution in [3.05, 3.63) is 74.9 Å². The normalized spacial score (nSPS) is 23.4. The summed E-state index contributed by atoms with van der Waals surface area (Å²) in [7, 11) is 1.60. The minimum absolute atomic E-state index is 0.170. The molecule has 3 aromatic rings. The Morgan fingerprint density at radius 3 is 3.00 bits per heavy atom. The van der Waals surface area contributed by atoms with E-state index in [0.29, 0.717) is 34.2 Å². The van der Waals surface area contributed by atoms with Crippen LogP contribution in [0, 0.1) is 0 Å². The van der Waals surface area contributed by atoms with Crippen LogP contribution < -0.4 is 14.8 Å². The smallest absolute Gasteiger partial charge is 0.306 e. The third kappa shape index (κ3) is 2.24. The molecule has 150 valence electrons. The molecule has 0 bridgehead atoms. The van der Waals surface area contributed by atoms with Gasteiger partial charge in [-0.15, -0.1) is 11.3 Å². The number of nitrogens with one attached hydrogen (secondary N) is 1. The molecule has 0 radical (unpaired) electrons. The molecule has 0 saturated carbocycles. The van der Waals surface area contributed by atoms with Crippen LogP contribution in [0.3, 0.4) is 0 Å². The Morgan fingerprint density at radius 2 is 2.20 bits per heavy atom. The molecule has 8 heteroatoms. The van der Waals surface area contributed by atoms with Gasteiger partial charge < -0.3 is 14.8 Å². The van der Waals surface area contributed by atoms with Gasteiger partial charge in [-0.05, 0) is 35.7 Å². The van der Waals surface area contributed by atoms with Gasteiger partial charge in [-0.1, -0.05) is 29.8 Å². The van der Waals surface area contributed by atoms with Crippen LogP contribution in [0.4, 0.5) is 5.69 Å². The molecule has 4 heterocycles. The Hall–Kier alpha value is -3.03. The first kappa shape index (κ1) is 17.8. The van der Waals surface area contributed by atoms with E-state index >= 15 is 0 Å². The van der Waals surface area contributed by atoms with E-state index in [1.54, 1.807) is 41.7 Å². The number of halogens is 1. The van der Waals surface area contributed by atoms with E-state index in [0.717, 1.165) is 16.2 Å². The Balaban J connectivity index is 1.62. The molecule has 1 amide bonds. The molecule has 3 aliphatic heterocycles. The van der Waals surface area contributed by atoms with E-state index < -0.39 is 5.72 Å². The van der Waals surface area contributed by atoms with Gasteiger partial charge in [0.15, 0.2) is 11.5 Å². The van der Waals surface area contributed by atoms with Gasteiger partial charge in [-0.2, -0.15) is 5.10 Å². The molecule has 0 aliphatic carbocycles. The van der Waals surface area contributed by atoms with Crippen LogP contribution in [-0.4, -0.2) is 23.7 Å². The van der Waals surface area contributed by atoms with Crippen LogP contribution in [0.5, 0.6) is 11.5 Å². The first-order chi connectivity index (χ1) is 14.6. The highest BCUT2D eigenvalue weighted by molar-refractivity contribution is 7.12. The summed E-state index contributed by atoms with van der Waals surface area (Å²) in [6.45, 7) is 0. The maximum absolute atomic E-state index is 13.4. The van der Waals surface area contributed by atoms with Crippen LogP contribution >= 0.6 is 22.9 Å². The van der Waals surface area contributed by atoms with Crippen molar-refractivity contribution >= 4 is 40.2 Å². The molecule has 1 spiro atoms. The number of ether oxygens (including phenoxy) is 2. The van der Waals surface area contributed by atoms with Crippen LogP contribution in [-0.2, 0) is 10.5 Å². The van der Waals surface area contributed by atoms with Gasteiger partial charge in [-0.25, -0.2) is 5.01 Å². The van der Waals surface area contributed by atoms with Crippen molar-refractivity contribution in [2.45, 2.75) is 18.2 Å². The molecule has 6 rings (SSSR count). The van der Waals surface area contributed by atoms with Gasteiger partial charge in [0, 0.05) is 17.0 Å². The number of hydrazone groups is 1. The Morgan fingerprint density at radius 1 is 1.30 bits per heavy atom. The quantitative estimate of drug-likeness (QED) is 0.628. The van der Waals surface area contributed by atoms with E-state index in [9.17, 15) is 4.79 Å². The summed E-state index contributed by atoms with van der Waals surface area (Å²) in [5.74, 6) is 0.851. The van der Waals surface area contributed by atoms with Crippen molar-refractivity contribution in [1.82, 2.24) is 5.01 Å². The molecule has 3 aliphatic rings. The maximum atomic E-state index is 13.4. The number of para-hydroxylation sites is 1. The van der Waals surface area contributed by atoms with E-state index in [-0.39, 0.29) is 11.9 Å². The lowest BCUT2D eigenvalue weighted by molar-refractivity contribution is -0.161. The van der Waals surface area contributed by atoms with Crippen molar-refractivity contribution in [1.29, 1.82) is 0 Å². The molecule has 1 N–H and O–H groups in total. The van der Waals surface area contributed by atoms with Crippen molar-refractivity contribution in [2.24, 2.45) is 5.10 Å². The number of methoxy groups -OCH3 is 1. The summed E-state index contributed by atoms with van der Waals surface area (Å²) >= 11 is 7.94. The summed E-state index contributed by atoms with van der Waals surface area (Å²) in [6, 6.07) is 15.0. The fourth-order valence-electron chi connectivity index (χ4n) is 4.46. The van der Waals surface area contributed by atoms with Crippen LogP contribution in [0.1, 0.15) is 28.5 Å². The number of hydrogen-bond acceptors (Lipinski definition) is 6. The molecule has 0 saturated heterocycles. The standard InChI is InChI=1S/C22H16ClN3O3S/c1-28-18-5-2-4-13-17-11-16(19-6-3-9-30-19)25-26(17)22(29-20(13)18)14-10-12(23)7-8-15(14)24-21(22)27/h2-10,17H,11H2,1H3,(H,24,27)/t17-,22-/m1/s1. The fraction of sp³-hybridized carbons (Fsp3) is 0.182. The largest absolute Gasteiger partial charge is 0.493 e. The highest BCUT2D eigenvalue weighted by atomic mass is 35.5. The third-order valence-corrected chi connectivity index (χ3v) is 6.93. The number of hydrogen-bond donors (Lipinski definition) is 1. The molecule has 0 unspecified atom stereocenters. The van der Waals surface area contributed by atoms with Crippen molar-refractivity contribution in [2.75, 3.05) is 12.4 Å². The molecule has 2 atom stereocenters. The van der Waals surface area contributed by atoms with E-state index in [4.69, 9.17) is 26.2 Å². The lowest BCUT2D eigenvalue weighted by atomic mass is 9.93. The zero-order valence-electron chi connectivity index (χ0n) is 15.9. The lowest BCUT2D eigenvalue weighted by Gasteiger charge is -2.44. The molecule has 6 nitrogen and oxygen atoms in total. The first-order valence-corrected chi connectivity index (χ1v) is 10.8. The second-order valence-corrected chi connectivity index (χ2v) is 8.74. The summed E-state index contributed by atoms with van der Waals surface area (Å²) in [5, 5.41) is 12.2. The number of fused-ring (bicyclic) bond motifs is 6. The Bertz CT molecular complexity index is 1230. The average Bonchev–Trinajstić information content (AvgIpc) is 3.48. The van der Waals surface area contributed by atoms with Crippen LogP contribution in [0.25, 0.3) is 0 Å². The van der Waals surface area contributed by atoms with Gasteiger partial charge in [0.1, 0.15) is 0 Å². The van der Waals surface area contributed by atoms with Crippen molar-refractivity contribution < 1.29 is 14.3 Å². The molecular weight excluding hydrogens is 422 g/mol. The number of carbonyl (C=O) groups excluding carboxylic acids is 1. The topological polar surface area (TPSA) is 63.2 Å². The maximum Gasteiger partial charge on any atom is 0.306 e. The van der Waals surface area contributed by atoms with Crippen molar-refractivity contribution in [3.8, 4) is 11.5 Å².